The maximum atomic E-state index is 11.9. The molecule has 0 aliphatic carbocycles. The molecule has 84 valence electrons. The second kappa shape index (κ2) is 4.19. The second-order valence-electron chi connectivity index (χ2n) is 3.33. The summed E-state index contributed by atoms with van der Waals surface area (Å²) in [7, 11) is 1.45. The summed E-state index contributed by atoms with van der Waals surface area (Å²) in [5.74, 6) is 0. The van der Waals surface area contributed by atoms with Crippen LogP contribution in [-0.2, 0) is 4.84 Å². The molecule has 0 atom stereocenters. The van der Waals surface area contributed by atoms with Crippen molar-refractivity contribution in [2.45, 2.75) is 6.92 Å². The summed E-state index contributed by atoms with van der Waals surface area (Å²) in [5.41, 5.74) is 1.90. The molecule has 0 spiro atoms. The lowest BCUT2D eigenvalue weighted by atomic mass is 10.2. The Morgan fingerprint density at radius 1 is 1.38 bits per heavy atom. The molecule has 1 fully saturated rings. The molecule has 2 amide bonds. The topological polar surface area (TPSA) is 32.8 Å². The summed E-state index contributed by atoms with van der Waals surface area (Å²) in [6, 6.07) is 7.46. The Hall–Kier alpha value is -1.46. The molecule has 0 radical (unpaired) electrons. The van der Waals surface area contributed by atoms with E-state index < -0.39 is 0 Å². The monoisotopic (exact) mass is 236 g/mol. The first-order valence-corrected chi connectivity index (χ1v) is 5.53. The van der Waals surface area contributed by atoms with Gasteiger partial charge in [-0.1, -0.05) is 24.8 Å². The van der Waals surface area contributed by atoms with Crippen LogP contribution in [-0.4, -0.2) is 18.2 Å². The maximum Gasteiger partial charge on any atom is 0.364 e. The third-order valence-corrected chi connectivity index (χ3v) is 3.20. The van der Waals surface area contributed by atoms with E-state index in [-0.39, 0.29) is 6.03 Å². The molecule has 1 aromatic rings. The zero-order valence-corrected chi connectivity index (χ0v) is 9.95. The van der Waals surface area contributed by atoms with Crippen LogP contribution in [0.2, 0.25) is 0 Å². The number of nitrogens with zero attached hydrogens (tertiary/aromatic N) is 2. The highest BCUT2D eigenvalue weighted by Crippen LogP contribution is 2.38. The summed E-state index contributed by atoms with van der Waals surface area (Å²) in [5, 5.41) is 1.74. The number of carbonyl (C=O) groups excluding carboxylic acids is 1. The van der Waals surface area contributed by atoms with Gasteiger partial charge in [-0.2, -0.15) is 5.06 Å². The molecule has 1 aliphatic rings. The molecule has 1 aromatic carbocycles. The Bertz CT molecular complexity index is 447. The lowest BCUT2D eigenvalue weighted by molar-refractivity contribution is -0.0420. The van der Waals surface area contributed by atoms with Gasteiger partial charge in [-0.3, -0.25) is 4.84 Å². The van der Waals surface area contributed by atoms with Crippen molar-refractivity contribution in [2.24, 2.45) is 0 Å². The van der Waals surface area contributed by atoms with E-state index in [9.17, 15) is 4.79 Å². The number of aryl methyl sites for hydroxylation is 1. The van der Waals surface area contributed by atoms with Gasteiger partial charge in [0.05, 0.1) is 12.8 Å². The number of rotatable bonds is 2. The van der Waals surface area contributed by atoms with Gasteiger partial charge >= 0.3 is 6.03 Å². The van der Waals surface area contributed by atoms with E-state index >= 15 is 0 Å². The predicted octanol–water partition coefficient (Wildman–Crippen LogP) is 2.92. The van der Waals surface area contributed by atoms with Crippen LogP contribution in [0.25, 0.3) is 0 Å². The molecule has 0 unspecified atom stereocenters. The number of carbonyl (C=O) groups is 1. The van der Waals surface area contributed by atoms with Crippen molar-refractivity contribution in [3.63, 3.8) is 0 Å². The number of urea groups is 1. The number of benzene rings is 1. The van der Waals surface area contributed by atoms with Crippen LogP contribution in [0.5, 0.6) is 0 Å². The SMILES string of the molecule is C=C1SN(c2ccccc2C)C(=O)N1OC. The van der Waals surface area contributed by atoms with Crippen molar-refractivity contribution in [3.8, 4) is 0 Å². The summed E-state index contributed by atoms with van der Waals surface area (Å²) in [6.07, 6.45) is 0. The Balaban J connectivity index is 2.34. The highest BCUT2D eigenvalue weighted by atomic mass is 32.2. The fourth-order valence-corrected chi connectivity index (χ4v) is 2.39. The predicted molar refractivity (Wildman–Crippen MR) is 64.6 cm³/mol. The molecule has 0 N–H and O–H groups in total. The normalized spacial score (nSPS) is 16.1. The van der Waals surface area contributed by atoms with Crippen LogP contribution in [0.4, 0.5) is 10.5 Å². The van der Waals surface area contributed by atoms with Gasteiger partial charge in [0.2, 0.25) is 0 Å². The van der Waals surface area contributed by atoms with E-state index in [4.69, 9.17) is 4.84 Å². The highest BCUT2D eigenvalue weighted by molar-refractivity contribution is 8.05. The highest BCUT2D eigenvalue weighted by Gasteiger charge is 2.35. The summed E-state index contributed by atoms with van der Waals surface area (Å²) in [6.45, 7) is 5.72. The third kappa shape index (κ3) is 1.68. The first kappa shape index (κ1) is 11.0. The second-order valence-corrected chi connectivity index (χ2v) is 4.34. The number of para-hydroxylation sites is 1. The zero-order chi connectivity index (χ0) is 11.7. The van der Waals surface area contributed by atoms with E-state index in [1.165, 1.54) is 24.1 Å². The standard InChI is InChI=1S/C11H12N2O2S/c1-8-6-4-5-7-10(8)13-11(14)12(15-3)9(2)16-13/h4-7H,2H2,1,3H3. The molecule has 0 bridgehead atoms. The van der Waals surface area contributed by atoms with Crippen molar-refractivity contribution in [1.29, 1.82) is 0 Å². The average Bonchev–Trinajstić information content (AvgIpc) is 2.55. The molecule has 1 saturated heterocycles. The molecule has 1 aliphatic heterocycles. The number of hydrogen-bond acceptors (Lipinski definition) is 3. The number of hydrogen-bond donors (Lipinski definition) is 0. The number of anilines is 1. The smallest absolute Gasteiger partial charge is 0.267 e. The van der Waals surface area contributed by atoms with Crippen molar-refractivity contribution in [2.75, 3.05) is 11.4 Å². The maximum absolute atomic E-state index is 11.9. The van der Waals surface area contributed by atoms with E-state index in [1.807, 2.05) is 31.2 Å². The molecule has 4 nitrogen and oxygen atoms in total. The quantitative estimate of drug-likeness (QED) is 0.740. The van der Waals surface area contributed by atoms with E-state index in [0.717, 1.165) is 11.3 Å². The van der Waals surface area contributed by atoms with Gasteiger partial charge in [0, 0.05) is 11.9 Å². The van der Waals surface area contributed by atoms with Crippen LogP contribution in [0.3, 0.4) is 0 Å². The lowest BCUT2D eigenvalue weighted by Gasteiger charge is -2.16. The van der Waals surface area contributed by atoms with Crippen LogP contribution < -0.4 is 4.31 Å². The van der Waals surface area contributed by atoms with Crippen molar-refractivity contribution >= 4 is 23.7 Å². The van der Waals surface area contributed by atoms with Crippen LogP contribution >= 0.6 is 11.9 Å². The molecular formula is C11H12N2O2S. The van der Waals surface area contributed by atoms with Crippen molar-refractivity contribution in [3.05, 3.63) is 41.4 Å². The molecule has 16 heavy (non-hydrogen) atoms. The molecule has 1 heterocycles. The lowest BCUT2D eigenvalue weighted by Crippen LogP contribution is -2.29. The van der Waals surface area contributed by atoms with Crippen LogP contribution in [0.1, 0.15) is 5.56 Å². The van der Waals surface area contributed by atoms with Gasteiger partial charge in [0.1, 0.15) is 5.03 Å². The first-order valence-electron chi connectivity index (χ1n) is 4.76. The summed E-state index contributed by atoms with van der Waals surface area (Å²) < 4.78 is 1.57. The van der Waals surface area contributed by atoms with E-state index in [2.05, 4.69) is 6.58 Å². The van der Waals surface area contributed by atoms with E-state index in [1.54, 1.807) is 4.31 Å². The van der Waals surface area contributed by atoms with Crippen molar-refractivity contribution in [1.82, 2.24) is 5.06 Å². The molecule has 5 heteroatoms. The third-order valence-electron chi connectivity index (χ3n) is 2.29. The zero-order valence-electron chi connectivity index (χ0n) is 9.14. The fraction of sp³-hybridized carbons (Fsp3) is 0.182. The minimum Gasteiger partial charge on any atom is -0.267 e. The molecular weight excluding hydrogens is 224 g/mol. The number of hydroxylamine groups is 2. The number of amides is 2. The first-order chi connectivity index (χ1) is 7.65. The van der Waals surface area contributed by atoms with Gasteiger partial charge in [0.15, 0.2) is 0 Å². The Kier molecular flexibility index (Phi) is 2.89. The minimum atomic E-state index is -0.230. The molecule has 2 rings (SSSR count). The average molecular weight is 236 g/mol. The summed E-state index contributed by atoms with van der Waals surface area (Å²) in [4.78, 5) is 16.9. The molecule has 0 saturated carbocycles. The molecule has 0 aromatic heterocycles. The van der Waals surface area contributed by atoms with Gasteiger partial charge in [-0.15, -0.1) is 0 Å². The summed E-state index contributed by atoms with van der Waals surface area (Å²) >= 11 is 1.26. The van der Waals surface area contributed by atoms with Gasteiger partial charge in [-0.25, -0.2) is 9.10 Å². The minimum absolute atomic E-state index is 0.230. The van der Waals surface area contributed by atoms with Gasteiger partial charge in [-0.05, 0) is 18.6 Å². The van der Waals surface area contributed by atoms with E-state index in [0.29, 0.717) is 5.03 Å². The van der Waals surface area contributed by atoms with Crippen LogP contribution in [0, 0.1) is 6.92 Å². The van der Waals surface area contributed by atoms with Crippen molar-refractivity contribution < 1.29 is 9.63 Å². The van der Waals surface area contributed by atoms with Crippen LogP contribution in [0.15, 0.2) is 35.9 Å². The van der Waals surface area contributed by atoms with Gasteiger partial charge < -0.3 is 0 Å². The Morgan fingerprint density at radius 2 is 2.06 bits per heavy atom. The Labute approximate surface area is 98.6 Å². The largest absolute Gasteiger partial charge is 0.364 e. The van der Waals surface area contributed by atoms with Gasteiger partial charge in [0.25, 0.3) is 0 Å². The Morgan fingerprint density at radius 3 is 2.62 bits per heavy atom. The fourth-order valence-electron chi connectivity index (χ4n) is 1.49.